The van der Waals surface area contributed by atoms with E-state index in [4.69, 9.17) is 22.1 Å². The minimum atomic E-state index is -0.0186. The number of hydrogen-bond acceptors (Lipinski definition) is 3. The second-order valence-corrected chi connectivity index (χ2v) is 5.19. The Balaban J connectivity index is 2.19. The lowest BCUT2D eigenvalue weighted by Crippen LogP contribution is -2.11. The minimum Gasteiger partial charge on any atom is -0.487 e. The first-order chi connectivity index (χ1) is 9.54. The van der Waals surface area contributed by atoms with Gasteiger partial charge < -0.3 is 10.5 Å². The van der Waals surface area contributed by atoms with Crippen LogP contribution < -0.4 is 10.5 Å². The molecule has 0 spiro atoms. The summed E-state index contributed by atoms with van der Waals surface area (Å²) in [6, 6.07) is 7.83. The first kappa shape index (κ1) is 14.9. The zero-order valence-electron chi connectivity index (χ0n) is 12.1. The van der Waals surface area contributed by atoms with E-state index in [9.17, 15) is 0 Å². The summed E-state index contributed by atoms with van der Waals surface area (Å²) in [6.07, 6.45) is 0.867. The number of nitrogens with zero attached hydrogens (tertiary/aromatic N) is 2. The number of benzene rings is 1. The fourth-order valence-corrected chi connectivity index (χ4v) is 2.34. The molecule has 0 aliphatic heterocycles. The maximum absolute atomic E-state index is 6.22. The van der Waals surface area contributed by atoms with Gasteiger partial charge in [0.1, 0.15) is 12.4 Å². The fourth-order valence-electron chi connectivity index (χ4n) is 2.12. The maximum Gasteiger partial charge on any atom is 0.131 e. The van der Waals surface area contributed by atoms with Crippen molar-refractivity contribution in [1.82, 2.24) is 9.78 Å². The van der Waals surface area contributed by atoms with Gasteiger partial charge in [0, 0.05) is 18.7 Å². The second-order valence-electron chi connectivity index (χ2n) is 4.81. The van der Waals surface area contributed by atoms with Gasteiger partial charge >= 0.3 is 0 Å². The Bertz CT molecular complexity index is 595. The van der Waals surface area contributed by atoms with Gasteiger partial charge in [0.15, 0.2) is 0 Å². The van der Waals surface area contributed by atoms with E-state index >= 15 is 0 Å². The van der Waals surface area contributed by atoms with Crippen LogP contribution in [0.5, 0.6) is 5.75 Å². The van der Waals surface area contributed by atoms with Crippen molar-refractivity contribution in [3.8, 4) is 5.75 Å². The van der Waals surface area contributed by atoms with Crippen molar-refractivity contribution in [1.29, 1.82) is 0 Å². The number of para-hydroxylation sites is 1. The molecule has 108 valence electrons. The molecule has 2 rings (SSSR count). The minimum absolute atomic E-state index is 0.0186. The highest BCUT2D eigenvalue weighted by Crippen LogP contribution is 2.27. The Morgan fingerprint density at radius 1 is 1.40 bits per heavy atom. The topological polar surface area (TPSA) is 53.1 Å². The van der Waals surface area contributed by atoms with Gasteiger partial charge in [-0.15, -0.1) is 0 Å². The van der Waals surface area contributed by atoms with E-state index in [0.29, 0.717) is 11.6 Å². The molecule has 2 aromatic rings. The molecule has 20 heavy (non-hydrogen) atoms. The van der Waals surface area contributed by atoms with Crippen LogP contribution in [0.2, 0.25) is 5.02 Å². The molecule has 1 aromatic carbocycles. The molecule has 2 N–H and O–H groups in total. The van der Waals surface area contributed by atoms with Crippen molar-refractivity contribution in [2.45, 2.75) is 32.9 Å². The normalized spacial score (nSPS) is 12.4. The maximum atomic E-state index is 6.22. The van der Waals surface area contributed by atoms with Crippen LogP contribution in [0.25, 0.3) is 0 Å². The Morgan fingerprint density at radius 3 is 2.70 bits per heavy atom. The van der Waals surface area contributed by atoms with Crippen molar-refractivity contribution in [2.75, 3.05) is 0 Å². The predicted octanol–water partition coefficient (Wildman–Crippen LogP) is 3.37. The molecule has 0 bridgehead atoms. The quantitative estimate of drug-likeness (QED) is 0.919. The third-order valence-corrected chi connectivity index (χ3v) is 3.88. The molecule has 0 saturated heterocycles. The number of hydrogen-bond donors (Lipinski definition) is 1. The Kier molecular flexibility index (Phi) is 4.68. The van der Waals surface area contributed by atoms with Gasteiger partial charge in [-0.05, 0) is 19.4 Å². The van der Waals surface area contributed by atoms with Gasteiger partial charge in [0.2, 0.25) is 0 Å². The number of rotatable bonds is 5. The van der Waals surface area contributed by atoms with Crippen LogP contribution in [0, 0.1) is 6.92 Å². The summed E-state index contributed by atoms with van der Waals surface area (Å²) in [7, 11) is 1.86. The van der Waals surface area contributed by atoms with Gasteiger partial charge in [-0.3, -0.25) is 4.68 Å². The SMILES string of the molecule is CCC(N)c1ccccc1OCc1c(Cl)c(C)nn1C. The van der Waals surface area contributed by atoms with Crippen LogP contribution in [0.3, 0.4) is 0 Å². The molecule has 0 radical (unpaired) electrons. The lowest BCUT2D eigenvalue weighted by Gasteiger charge is -2.15. The van der Waals surface area contributed by atoms with Crippen molar-refractivity contribution in [2.24, 2.45) is 12.8 Å². The van der Waals surface area contributed by atoms with E-state index in [-0.39, 0.29) is 6.04 Å². The molecule has 1 unspecified atom stereocenters. The van der Waals surface area contributed by atoms with Crippen LogP contribution in [0.4, 0.5) is 0 Å². The summed E-state index contributed by atoms with van der Waals surface area (Å²) >= 11 is 6.22. The first-order valence-corrected chi connectivity index (χ1v) is 7.07. The number of halogens is 1. The molecule has 0 fully saturated rings. The Labute approximate surface area is 124 Å². The van der Waals surface area contributed by atoms with Crippen LogP contribution in [-0.4, -0.2) is 9.78 Å². The van der Waals surface area contributed by atoms with Gasteiger partial charge in [-0.2, -0.15) is 5.10 Å². The summed E-state index contributed by atoms with van der Waals surface area (Å²) in [5.41, 5.74) is 8.80. The number of ether oxygens (including phenoxy) is 1. The molecule has 1 aromatic heterocycles. The molecule has 1 heterocycles. The molecule has 5 heteroatoms. The van der Waals surface area contributed by atoms with Crippen molar-refractivity contribution in [3.63, 3.8) is 0 Å². The molecular formula is C15H20ClN3O. The zero-order valence-corrected chi connectivity index (χ0v) is 12.8. The predicted molar refractivity (Wildman–Crippen MR) is 80.9 cm³/mol. The van der Waals surface area contributed by atoms with Gasteiger partial charge in [-0.1, -0.05) is 36.7 Å². The third kappa shape index (κ3) is 2.97. The average Bonchev–Trinajstić information content (AvgIpc) is 2.70. The summed E-state index contributed by atoms with van der Waals surface area (Å²) < 4.78 is 7.65. The lowest BCUT2D eigenvalue weighted by atomic mass is 10.0. The van der Waals surface area contributed by atoms with Crippen molar-refractivity contribution < 1.29 is 4.74 Å². The number of aromatic nitrogens is 2. The molecule has 1 atom stereocenters. The van der Waals surface area contributed by atoms with E-state index in [2.05, 4.69) is 12.0 Å². The van der Waals surface area contributed by atoms with E-state index in [1.807, 2.05) is 38.2 Å². The van der Waals surface area contributed by atoms with Gasteiger partial charge in [0.05, 0.1) is 16.4 Å². The Morgan fingerprint density at radius 2 is 2.10 bits per heavy atom. The van der Waals surface area contributed by atoms with E-state index in [1.54, 1.807) is 4.68 Å². The van der Waals surface area contributed by atoms with Crippen LogP contribution in [0.15, 0.2) is 24.3 Å². The highest BCUT2D eigenvalue weighted by molar-refractivity contribution is 6.31. The lowest BCUT2D eigenvalue weighted by molar-refractivity contribution is 0.290. The largest absolute Gasteiger partial charge is 0.487 e. The molecule has 0 amide bonds. The van der Waals surface area contributed by atoms with Crippen molar-refractivity contribution >= 4 is 11.6 Å². The second kappa shape index (κ2) is 6.29. The van der Waals surface area contributed by atoms with E-state index in [0.717, 1.165) is 29.1 Å². The summed E-state index contributed by atoms with van der Waals surface area (Å²) in [5, 5.41) is 4.93. The molecule has 0 aliphatic carbocycles. The van der Waals surface area contributed by atoms with E-state index in [1.165, 1.54) is 0 Å². The summed E-state index contributed by atoms with van der Waals surface area (Å²) in [6.45, 7) is 4.32. The van der Waals surface area contributed by atoms with Crippen LogP contribution >= 0.6 is 11.6 Å². The average molecular weight is 294 g/mol. The zero-order chi connectivity index (χ0) is 14.7. The summed E-state index contributed by atoms with van der Waals surface area (Å²) in [5.74, 6) is 0.803. The molecule has 0 aliphatic rings. The van der Waals surface area contributed by atoms with Crippen LogP contribution in [0.1, 0.15) is 36.3 Å². The standard InChI is InChI=1S/C15H20ClN3O/c1-4-12(17)11-7-5-6-8-14(11)20-9-13-15(16)10(2)18-19(13)3/h5-8,12H,4,9,17H2,1-3H3. The monoisotopic (exact) mass is 293 g/mol. The number of aryl methyl sites for hydroxylation is 2. The van der Waals surface area contributed by atoms with Crippen molar-refractivity contribution in [3.05, 3.63) is 46.2 Å². The van der Waals surface area contributed by atoms with Gasteiger partial charge in [-0.25, -0.2) is 0 Å². The smallest absolute Gasteiger partial charge is 0.131 e. The third-order valence-electron chi connectivity index (χ3n) is 3.38. The molecular weight excluding hydrogens is 274 g/mol. The molecule has 0 saturated carbocycles. The van der Waals surface area contributed by atoms with Crippen LogP contribution in [-0.2, 0) is 13.7 Å². The first-order valence-electron chi connectivity index (χ1n) is 6.69. The fraction of sp³-hybridized carbons (Fsp3) is 0.400. The summed E-state index contributed by atoms with van der Waals surface area (Å²) in [4.78, 5) is 0. The number of nitrogens with two attached hydrogens (primary N) is 1. The Hall–Kier alpha value is -1.52. The van der Waals surface area contributed by atoms with E-state index < -0.39 is 0 Å². The highest BCUT2D eigenvalue weighted by atomic mass is 35.5. The van der Waals surface area contributed by atoms with Gasteiger partial charge in [0.25, 0.3) is 0 Å². The highest BCUT2D eigenvalue weighted by Gasteiger charge is 2.14. The molecule has 4 nitrogen and oxygen atoms in total.